The van der Waals surface area contributed by atoms with Crippen LogP contribution in [-0.4, -0.2) is 61.0 Å². The van der Waals surface area contributed by atoms with E-state index in [1.54, 1.807) is 17.0 Å². The molecule has 2 amide bonds. The monoisotopic (exact) mass is 342 g/mol. The molecule has 22 heavy (non-hydrogen) atoms. The molecule has 0 spiro atoms. The lowest BCUT2D eigenvalue weighted by Crippen LogP contribution is -2.49. The molecule has 2 aliphatic heterocycles. The normalized spacial score (nSPS) is 22.7. The summed E-state index contributed by atoms with van der Waals surface area (Å²) < 4.78 is 5.90. The van der Waals surface area contributed by atoms with Gasteiger partial charge in [-0.25, -0.2) is 0 Å². The number of hydrogen-bond donors (Lipinski definition) is 0. The van der Waals surface area contributed by atoms with Crippen LogP contribution in [0, 0.1) is 5.92 Å². The van der Waals surface area contributed by atoms with Gasteiger partial charge in [0.2, 0.25) is 5.91 Å². The first-order valence-corrected chi connectivity index (χ1v) is 8.76. The van der Waals surface area contributed by atoms with Crippen molar-refractivity contribution in [2.45, 2.75) is 12.8 Å². The number of hydrogen-bond acceptors (Lipinski definition) is 4. The van der Waals surface area contributed by atoms with Gasteiger partial charge in [-0.2, -0.15) is 0 Å². The Morgan fingerprint density at radius 3 is 2.64 bits per heavy atom. The quantitative estimate of drug-likeness (QED) is 0.827. The standard InChI is InChI=1S/C15H19ClN2O3S/c16-13-4-3-12(22-13)15(20)18-5-1-2-11(10-18)14(19)17-6-8-21-9-7-17/h3-4,11H,1-2,5-10H2. The molecule has 0 aromatic carbocycles. The molecule has 1 aromatic heterocycles. The van der Waals surface area contributed by atoms with Gasteiger partial charge in [0, 0.05) is 26.2 Å². The third-order valence-corrected chi connectivity index (χ3v) is 5.38. The van der Waals surface area contributed by atoms with E-state index < -0.39 is 0 Å². The maximum Gasteiger partial charge on any atom is 0.263 e. The van der Waals surface area contributed by atoms with E-state index in [-0.39, 0.29) is 17.7 Å². The zero-order valence-corrected chi connectivity index (χ0v) is 13.9. The average molecular weight is 343 g/mol. The molecular weight excluding hydrogens is 324 g/mol. The van der Waals surface area contributed by atoms with Crippen LogP contribution < -0.4 is 0 Å². The van der Waals surface area contributed by atoms with E-state index >= 15 is 0 Å². The second-order valence-electron chi connectivity index (χ2n) is 5.63. The van der Waals surface area contributed by atoms with Gasteiger partial charge in [-0.1, -0.05) is 11.6 Å². The fraction of sp³-hybridized carbons (Fsp3) is 0.600. The molecule has 0 aliphatic carbocycles. The topological polar surface area (TPSA) is 49.9 Å². The van der Waals surface area contributed by atoms with Crippen molar-refractivity contribution in [2.75, 3.05) is 39.4 Å². The van der Waals surface area contributed by atoms with Crippen molar-refractivity contribution in [1.29, 1.82) is 0 Å². The Morgan fingerprint density at radius 2 is 1.95 bits per heavy atom. The summed E-state index contributed by atoms with van der Waals surface area (Å²) in [6.07, 6.45) is 1.72. The molecular formula is C15H19ClN2O3S. The van der Waals surface area contributed by atoms with E-state index in [2.05, 4.69) is 0 Å². The van der Waals surface area contributed by atoms with Crippen molar-refractivity contribution in [2.24, 2.45) is 5.92 Å². The number of likely N-dealkylation sites (tertiary alicyclic amines) is 1. The molecule has 1 atom stereocenters. The summed E-state index contributed by atoms with van der Waals surface area (Å²) >= 11 is 7.19. The molecule has 5 nitrogen and oxygen atoms in total. The zero-order chi connectivity index (χ0) is 15.5. The van der Waals surface area contributed by atoms with E-state index in [1.165, 1.54) is 11.3 Å². The first-order chi connectivity index (χ1) is 10.6. The fourth-order valence-electron chi connectivity index (χ4n) is 2.99. The van der Waals surface area contributed by atoms with Crippen molar-refractivity contribution in [3.8, 4) is 0 Å². The van der Waals surface area contributed by atoms with Crippen LogP contribution in [0.5, 0.6) is 0 Å². The minimum absolute atomic E-state index is 0.0172. The Morgan fingerprint density at radius 1 is 1.18 bits per heavy atom. The highest BCUT2D eigenvalue weighted by atomic mass is 35.5. The van der Waals surface area contributed by atoms with Crippen molar-refractivity contribution in [3.05, 3.63) is 21.3 Å². The molecule has 0 saturated carbocycles. The molecule has 1 aromatic rings. The Balaban J connectivity index is 1.63. The first-order valence-electron chi connectivity index (χ1n) is 7.56. The van der Waals surface area contributed by atoms with Crippen LogP contribution in [-0.2, 0) is 9.53 Å². The predicted octanol–water partition coefficient (Wildman–Crippen LogP) is 2.11. The number of halogens is 1. The largest absolute Gasteiger partial charge is 0.378 e. The Kier molecular flexibility index (Phi) is 5.00. The van der Waals surface area contributed by atoms with Gasteiger partial charge in [-0.3, -0.25) is 9.59 Å². The number of thiophene rings is 1. The lowest BCUT2D eigenvalue weighted by Gasteiger charge is -2.36. The molecule has 2 fully saturated rings. The summed E-state index contributed by atoms with van der Waals surface area (Å²) in [5.74, 6) is 0.0487. The minimum Gasteiger partial charge on any atom is -0.378 e. The molecule has 0 N–H and O–H groups in total. The molecule has 3 rings (SSSR count). The first kappa shape index (κ1) is 15.8. The van der Waals surface area contributed by atoms with Crippen LogP contribution in [0.3, 0.4) is 0 Å². The van der Waals surface area contributed by atoms with Crippen LogP contribution >= 0.6 is 22.9 Å². The van der Waals surface area contributed by atoms with Gasteiger partial charge in [0.05, 0.1) is 28.3 Å². The summed E-state index contributed by atoms with van der Waals surface area (Å²) in [5.41, 5.74) is 0. The Bertz CT molecular complexity index is 557. The van der Waals surface area contributed by atoms with Gasteiger partial charge in [-0.15, -0.1) is 11.3 Å². The van der Waals surface area contributed by atoms with Gasteiger partial charge in [-0.05, 0) is 25.0 Å². The Hall–Kier alpha value is -1.11. The van der Waals surface area contributed by atoms with Crippen molar-refractivity contribution >= 4 is 34.8 Å². The Labute approximate surface area is 138 Å². The third kappa shape index (κ3) is 3.45. The van der Waals surface area contributed by atoms with E-state index in [0.717, 1.165) is 12.8 Å². The number of amides is 2. The van der Waals surface area contributed by atoms with Gasteiger partial charge in [0.25, 0.3) is 5.91 Å². The maximum atomic E-state index is 12.6. The second kappa shape index (κ2) is 6.98. The van der Waals surface area contributed by atoms with Crippen molar-refractivity contribution in [1.82, 2.24) is 9.80 Å². The van der Waals surface area contributed by atoms with E-state index in [0.29, 0.717) is 48.6 Å². The van der Waals surface area contributed by atoms with Gasteiger partial charge >= 0.3 is 0 Å². The summed E-state index contributed by atoms with van der Waals surface area (Å²) in [5, 5.41) is 0. The van der Waals surface area contributed by atoms with Crippen molar-refractivity contribution in [3.63, 3.8) is 0 Å². The number of morpholine rings is 1. The number of nitrogens with zero attached hydrogens (tertiary/aromatic N) is 2. The summed E-state index contributed by atoms with van der Waals surface area (Å²) in [7, 11) is 0. The molecule has 2 saturated heterocycles. The van der Waals surface area contributed by atoms with Crippen molar-refractivity contribution < 1.29 is 14.3 Å². The number of rotatable bonds is 2. The lowest BCUT2D eigenvalue weighted by atomic mass is 9.96. The highest BCUT2D eigenvalue weighted by molar-refractivity contribution is 7.17. The molecule has 120 valence electrons. The summed E-state index contributed by atoms with van der Waals surface area (Å²) in [6.45, 7) is 3.74. The number of ether oxygens (including phenoxy) is 1. The van der Waals surface area contributed by atoms with Crippen LogP contribution in [0.1, 0.15) is 22.5 Å². The molecule has 3 heterocycles. The number of carbonyl (C=O) groups is 2. The molecule has 2 aliphatic rings. The SMILES string of the molecule is O=C(c1ccc(Cl)s1)N1CCCC(C(=O)N2CCOCC2)C1. The molecule has 7 heteroatoms. The molecule has 1 unspecified atom stereocenters. The predicted molar refractivity (Wildman–Crippen MR) is 85.4 cm³/mol. The van der Waals surface area contributed by atoms with Gasteiger partial charge < -0.3 is 14.5 Å². The number of carbonyl (C=O) groups excluding carboxylic acids is 2. The van der Waals surface area contributed by atoms with Gasteiger partial charge in [0.15, 0.2) is 0 Å². The van der Waals surface area contributed by atoms with E-state index in [4.69, 9.17) is 16.3 Å². The lowest BCUT2D eigenvalue weighted by molar-refractivity contribution is -0.141. The van der Waals surface area contributed by atoms with E-state index in [9.17, 15) is 9.59 Å². The highest BCUT2D eigenvalue weighted by Crippen LogP contribution is 2.26. The molecule has 0 radical (unpaired) electrons. The van der Waals surface area contributed by atoms with E-state index in [1.807, 2.05) is 4.90 Å². The highest BCUT2D eigenvalue weighted by Gasteiger charge is 2.32. The minimum atomic E-state index is -0.0914. The second-order valence-corrected chi connectivity index (χ2v) is 7.35. The summed E-state index contributed by atoms with van der Waals surface area (Å²) in [4.78, 5) is 29.4. The van der Waals surface area contributed by atoms with Crippen LogP contribution in [0.15, 0.2) is 12.1 Å². The zero-order valence-electron chi connectivity index (χ0n) is 12.3. The third-order valence-electron chi connectivity index (χ3n) is 4.16. The van der Waals surface area contributed by atoms with Crippen LogP contribution in [0.4, 0.5) is 0 Å². The van der Waals surface area contributed by atoms with Crippen LogP contribution in [0.2, 0.25) is 4.34 Å². The van der Waals surface area contributed by atoms with Crippen LogP contribution in [0.25, 0.3) is 0 Å². The smallest absolute Gasteiger partial charge is 0.263 e. The average Bonchev–Trinajstić information content (AvgIpc) is 3.01. The van der Waals surface area contributed by atoms with Gasteiger partial charge in [0.1, 0.15) is 0 Å². The fourth-order valence-corrected chi connectivity index (χ4v) is 4.00. The molecule has 0 bridgehead atoms. The number of piperidine rings is 1. The maximum absolute atomic E-state index is 12.6. The summed E-state index contributed by atoms with van der Waals surface area (Å²) in [6, 6.07) is 3.49.